The van der Waals surface area contributed by atoms with Crippen LogP contribution in [0.4, 0.5) is 15.8 Å². The van der Waals surface area contributed by atoms with Gasteiger partial charge in [-0.15, -0.1) is 11.8 Å². The molecule has 0 bridgehead atoms. The largest absolute Gasteiger partial charge is 0.325 e. The number of rotatable bonds is 6. The molecule has 6 heteroatoms. The van der Waals surface area contributed by atoms with Crippen molar-refractivity contribution >= 4 is 45.7 Å². The molecular formula is C25H19FN2O2S. The SMILES string of the molecule is O=C(CSc1cccc(NC(=O)c2ccccc2F)c1)Nc1ccc2ccccc2c1. The number of carbonyl (C=O) groups is 2. The Kier molecular flexibility index (Phi) is 6.29. The lowest BCUT2D eigenvalue weighted by atomic mass is 10.1. The van der Waals surface area contributed by atoms with Gasteiger partial charge in [0.05, 0.1) is 11.3 Å². The van der Waals surface area contributed by atoms with Crippen LogP contribution >= 0.6 is 11.8 Å². The van der Waals surface area contributed by atoms with Gasteiger partial charge >= 0.3 is 0 Å². The second-order valence-electron chi connectivity index (χ2n) is 6.86. The van der Waals surface area contributed by atoms with E-state index in [0.717, 1.165) is 21.4 Å². The lowest BCUT2D eigenvalue weighted by Gasteiger charge is -2.09. The molecule has 4 nitrogen and oxygen atoms in total. The first-order chi connectivity index (χ1) is 15.1. The maximum Gasteiger partial charge on any atom is 0.258 e. The molecule has 0 atom stereocenters. The van der Waals surface area contributed by atoms with Gasteiger partial charge in [-0.05, 0) is 53.2 Å². The number of nitrogens with one attached hydrogen (secondary N) is 2. The third-order valence-electron chi connectivity index (χ3n) is 4.61. The molecule has 0 aromatic heterocycles. The Hall–Kier alpha value is -3.64. The number of carbonyl (C=O) groups excluding carboxylic acids is 2. The molecule has 4 rings (SSSR count). The Morgan fingerprint density at radius 2 is 1.48 bits per heavy atom. The van der Waals surface area contributed by atoms with Gasteiger partial charge in [-0.2, -0.15) is 0 Å². The minimum Gasteiger partial charge on any atom is -0.325 e. The quantitative estimate of drug-likeness (QED) is 0.371. The monoisotopic (exact) mass is 430 g/mol. The van der Waals surface area contributed by atoms with Crippen molar-refractivity contribution in [1.82, 2.24) is 0 Å². The second kappa shape index (κ2) is 9.45. The van der Waals surface area contributed by atoms with E-state index in [1.165, 1.54) is 30.0 Å². The van der Waals surface area contributed by atoms with E-state index in [1.807, 2.05) is 48.5 Å². The molecule has 0 spiro atoms. The van der Waals surface area contributed by atoms with Crippen LogP contribution in [-0.4, -0.2) is 17.6 Å². The van der Waals surface area contributed by atoms with Crippen LogP contribution in [-0.2, 0) is 4.79 Å². The Labute approximate surface area is 183 Å². The van der Waals surface area contributed by atoms with Crippen LogP contribution in [0.1, 0.15) is 10.4 Å². The topological polar surface area (TPSA) is 58.2 Å². The molecule has 0 heterocycles. The molecule has 0 fully saturated rings. The third-order valence-corrected chi connectivity index (χ3v) is 5.61. The summed E-state index contributed by atoms with van der Waals surface area (Å²) in [5.74, 6) is -0.997. The Morgan fingerprint density at radius 1 is 0.742 bits per heavy atom. The Bertz CT molecular complexity index is 1260. The predicted molar refractivity (Wildman–Crippen MR) is 124 cm³/mol. The van der Waals surface area contributed by atoms with E-state index in [-0.39, 0.29) is 17.2 Å². The van der Waals surface area contributed by atoms with Crippen molar-refractivity contribution in [2.75, 3.05) is 16.4 Å². The minimum absolute atomic E-state index is 0.0182. The van der Waals surface area contributed by atoms with Gasteiger partial charge in [-0.3, -0.25) is 9.59 Å². The first kappa shape index (κ1) is 20.6. The Morgan fingerprint density at radius 3 is 2.32 bits per heavy atom. The van der Waals surface area contributed by atoms with Crippen molar-refractivity contribution in [3.8, 4) is 0 Å². The lowest BCUT2D eigenvalue weighted by molar-refractivity contribution is -0.113. The van der Waals surface area contributed by atoms with Gasteiger partial charge in [0.15, 0.2) is 0 Å². The molecule has 0 saturated carbocycles. The van der Waals surface area contributed by atoms with Crippen LogP contribution in [0.2, 0.25) is 0 Å². The fourth-order valence-corrected chi connectivity index (χ4v) is 3.88. The zero-order valence-electron chi connectivity index (χ0n) is 16.5. The summed E-state index contributed by atoms with van der Waals surface area (Å²) in [6.45, 7) is 0. The number of benzene rings is 4. The van der Waals surface area contributed by atoms with Crippen LogP contribution in [0.3, 0.4) is 0 Å². The third kappa shape index (κ3) is 5.29. The van der Waals surface area contributed by atoms with E-state index in [1.54, 1.807) is 24.3 Å². The van der Waals surface area contributed by atoms with Gasteiger partial charge in [0.2, 0.25) is 5.91 Å². The predicted octanol–water partition coefficient (Wildman–Crippen LogP) is 5.96. The van der Waals surface area contributed by atoms with E-state index >= 15 is 0 Å². The van der Waals surface area contributed by atoms with Gasteiger partial charge < -0.3 is 10.6 Å². The molecule has 0 saturated heterocycles. The van der Waals surface area contributed by atoms with Crippen molar-refractivity contribution in [3.05, 3.63) is 102 Å². The molecule has 2 amide bonds. The van der Waals surface area contributed by atoms with Crippen LogP contribution < -0.4 is 10.6 Å². The fraction of sp³-hybridized carbons (Fsp3) is 0.0400. The molecule has 4 aromatic rings. The van der Waals surface area contributed by atoms with Crippen LogP contribution in [0.15, 0.2) is 95.9 Å². The maximum atomic E-state index is 13.8. The zero-order valence-corrected chi connectivity index (χ0v) is 17.3. The summed E-state index contributed by atoms with van der Waals surface area (Å²) in [5, 5.41) is 7.78. The number of anilines is 2. The Balaban J connectivity index is 1.35. The molecule has 0 aliphatic carbocycles. The molecule has 154 valence electrons. The molecule has 0 aliphatic rings. The summed E-state index contributed by atoms with van der Waals surface area (Å²) in [5.41, 5.74) is 1.26. The van der Waals surface area contributed by atoms with Crippen molar-refractivity contribution in [2.45, 2.75) is 4.90 Å². The molecule has 0 radical (unpaired) electrons. The average Bonchev–Trinajstić information content (AvgIpc) is 2.78. The second-order valence-corrected chi connectivity index (χ2v) is 7.91. The van der Waals surface area contributed by atoms with Crippen LogP contribution in [0.25, 0.3) is 10.8 Å². The highest BCUT2D eigenvalue weighted by Gasteiger charge is 2.11. The summed E-state index contributed by atoms with van der Waals surface area (Å²) in [6, 6.07) is 26.7. The van der Waals surface area contributed by atoms with Crippen LogP contribution in [0, 0.1) is 5.82 Å². The van der Waals surface area contributed by atoms with Gasteiger partial charge in [-0.1, -0.05) is 48.5 Å². The molecule has 31 heavy (non-hydrogen) atoms. The standard InChI is InChI=1S/C25H19FN2O2S/c26-23-11-4-3-10-22(23)25(30)28-19-8-5-9-21(15-19)31-16-24(29)27-20-13-12-17-6-1-2-7-18(17)14-20/h1-15H,16H2,(H,27,29)(H,28,30). The number of amides is 2. The normalized spacial score (nSPS) is 10.6. The van der Waals surface area contributed by atoms with Crippen molar-refractivity contribution < 1.29 is 14.0 Å². The smallest absolute Gasteiger partial charge is 0.258 e. The lowest BCUT2D eigenvalue weighted by Crippen LogP contribution is -2.14. The molecule has 0 unspecified atom stereocenters. The average molecular weight is 431 g/mol. The number of fused-ring (bicyclic) bond motifs is 1. The first-order valence-corrected chi connectivity index (χ1v) is 10.6. The summed E-state index contributed by atoms with van der Waals surface area (Å²) < 4.78 is 13.8. The highest BCUT2D eigenvalue weighted by Crippen LogP contribution is 2.23. The number of hydrogen-bond acceptors (Lipinski definition) is 3. The molecular weight excluding hydrogens is 411 g/mol. The van der Waals surface area contributed by atoms with Gasteiger partial charge in [0.1, 0.15) is 5.82 Å². The number of thioether (sulfide) groups is 1. The summed E-state index contributed by atoms with van der Waals surface area (Å²) >= 11 is 1.35. The molecule has 0 aliphatic heterocycles. The van der Waals surface area contributed by atoms with Crippen LogP contribution in [0.5, 0.6) is 0 Å². The summed E-state index contributed by atoms with van der Waals surface area (Å²) in [4.78, 5) is 25.5. The van der Waals surface area contributed by atoms with E-state index in [9.17, 15) is 14.0 Å². The van der Waals surface area contributed by atoms with Gasteiger partial charge in [-0.25, -0.2) is 4.39 Å². The van der Waals surface area contributed by atoms with Crippen molar-refractivity contribution in [1.29, 1.82) is 0 Å². The van der Waals surface area contributed by atoms with E-state index in [4.69, 9.17) is 0 Å². The first-order valence-electron chi connectivity index (χ1n) is 9.66. The van der Waals surface area contributed by atoms with Crippen molar-refractivity contribution in [2.24, 2.45) is 0 Å². The van der Waals surface area contributed by atoms with E-state index in [0.29, 0.717) is 5.69 Å². The molecule has 4 aromatic carbocycles. The fourth-order valence-electron chi connectivity index (χ4n) is 3.12. The van der Waals surface area contributed by atoms with E-state index in [2.05, 4.69) is 10.6 Å². The van der Waals surface area contributed by atoms with E-state index < -0.39 is 11.7 Å². The zero-order chi connectivity index (χ0) is 21.6. The molecule has 2 N–H and O–H groups in total. The number of halogens is 1. The summed E-state index contributed by atoms with van der Waals surface area (Å²) in [7, 11) is 0. The summed E-state index contributed by atoms with van der Waals surface area (Å²) in [6.07, 6.45) is 0. The van der Waals surface area contributed by atoms with Gasteiger partial charge in [0, 0.05) is 16.3 Å². The number of hydrogen-bond donors (Lipinski definition) is 2. The van der Waals surface area contributed by atoms with Gasteiger partial charge in [0.25, 0.3) is 5.91 Å². The maximum absolute atomic E-state index is 13.8. The van der Waals surface area contributed by atoms with Crippen molar-refractivity contribution in [3.63, 3.8) is 0 Å². The highest BCUT2D eigenvalue weighted by molar-refractivity contribution is 8.00. The minimum atomic E-state index is -0.573. The highest BCUT2D eigenvalue weighted by atomic mass is 32.2.